The predicted molar refractivity (Wildman–Crippen MR) is 57.0 cm³/mol. The number of halogens is 1. The fourth-order valence-corrected chi connectivity index (χ4v) is 2.50. The standard InChI is InChI=1S/C10H7ClOS/c1-6-4-7-8(5-12)9(11)2-3-10(7)13-6/h2-5H,1H3. The molecule has 2 rings (SSSR count). The van der Waals surface area contributed by atoms with Crippen molar-refractivity contribution in [3.63, 3.8) is 0 Å². The van der Waals surface area contributed by atoms with Crippen LogP contribution in [0.15, 0.2) is 18.2 Å². The normalized spacial score (nSPS) is 10.6. The molecule has 0 N–H and O–H groups in total. The average molecular weight is 211 g/mol. The minimum Gasteiger partial charge on any atom is -0.298 e. The SMILES string of the molecule is Cc1cc2c(C=O)c(Cl)ccc2s1. The molecule has 0 unspecified atom stereocenters. The van der Waals surface area contributed by atoms with Gasteiger partial charge in [0.05, 0.1) is 5.02 Å². The lowest BCUT2D eigenvalue weighted by atomic mass is 10.1. The molecule has 1 nitrogen and oxygen atoms in total. The number of carbonyl (C=O) groups excluding carboxylic acids is 1. The van der Waals surface area contributed by atoms with Crippen LogP contribution in [0.2, 0.25) is 5.02 Å². The lowest BCUT2D eigenvalue weighted by Crippen LogP contribution is -1.81. The van der Waals surface area contributed by atoms with Crippen molar-refractivity contribution in [1.29, 1.82) is 0 Å². The number of aryl methyl sites for hydroxylation is 1. The second-order valence-corrected chi connectivity index (χ2v) is 4.54. The summed E-state index contributed by atoms with van der Waals surface area (Å²) in [4.78, 5) is 12.0. The number of fused-ring (bicyclic) bond motifs is 1. The largest absolute Gasteiger partial charge is 0.298 e. The van der Waals surface area contributed by atoms with Crippen molar-refractivity contribution in [3.8, 4) is 0 Å². The average Bonchev–Trinajstić information content (AvgIpc) is 2.45. The zero-order valence-electron chi connectivity index (χ0n) is 7.00. The molecule has 0 saturated carbocycles. The molecule has 0 spiro atoms. The zero-order valence-corrected chi connectivity index (χ0v) is 8.58. The van der Waals surface area contributed by atoms with Crippen LogP contribution in [0.4, 0.5) is 0 Å². The van der Waals surface area contributed by atoms with E-state index < -0.39 is 0 Å². The third-order valence-corrected chi connectivity index (χ3v) is 3.28. The lowest BCUT2D eigenvalue weighted by Gasteiger charge is -1.96. The summed E-state index contributed by atoms with van der Waals surface area (Å²) in [6.45, 7) is 2.02. The molecule has 0 aliphatic heterocycles. The molecule has 0 radical (unpaired) electrons. The second-order valence-electron chi connectivity index (χ2n) is 2.85. The summed E-state index contributed by atoms with van der Waals surface area (Å²) < 4.78 is 1.11. The summed E-state index contributed by atoms with van der Waals surface area (Å²) in [5.41, 5.74) is 0.600. The van der Waals surface area contributed by atoms with Crippen molar-refractivity contribution in [1.82, 2.24) is 0 Å². The predicted octanol–water partition coefficient (Wildman–Crippen LogP) is 3.68. The van der Waals surface area contributed by atoms with Crippen molar-refractivity contribution >= 4 is 39.3 Å². The highest BCUT2D eigenvalue weighted by Crippen LogP contribution is 2.30. The molecule has 0 amide bonds. The molecular weight excluding hydrogens is 204 g/mol. The maximum atomic E-state index is 10.8. The van der Waals surface area contributed by atoms with Gasteiger partial charge in [0.2, 0.25) is 0 Å². The Morgan fingerprint density at radius 3 is 2.92 bits per heavy atom. The first-order chi connectivity index (χ1) is 6.22. The number of rotatable bonds is 1. The number of carbonyl (C=O) groups is 1. The van der Waals surface area contributed by atoms with Gasteiger partial charge < -0.3 is 0 Å². The molecule has 2 aromatic rings. The van der Waals surface area contributed by atoms with Crippen LogP contribution in [0.5, 0.6) is 0 Å². The lowest BCUT2D eigenvalue weighted by molar-refractivity contribution is 0.112. The summed E-state index contributed by atoms with van der Waals surface area (Å²) in [5, 5.41) is 1.49. The highest BCUT2D eigenvalue weighted by molar-refractivity contribution is 7.19. The van der Waals surface area contributed by atoms with Crippen LogP contribution in [0.25, 0.3) is 10.1 Å². The summed E-state index contributed by atoms with van der Waals surface area (Å²) in [6.07, 6.45) is 0.816. The summed E-state index contributed by atoms with van der Waals surface area (Å²) in [6, 6.07) is 5.71. The summed E-state index contributed by atoms with van der Waals surface area (Å²) in [7, 11) is 0. The van der Waals surface area contributed by atoms with Gasteiger partial charge in [-0.05, 0) is 25.1 Å². The number of hydrogen-bond donors (Lipinski definition) is 0. The Kier molecular flexibility index (Phi) is 2.10. The van der Waals surface area contributed by atoms with Crippen LogP contribution in [0.1, 0.15) is 15.2 Å². The van der Waals surface area contributed by atoms with Crippen LogP contribution in [-0.4, -0.2) is 6.29 Å². The smallest absolute Gasteiger partial charge is 0.152 e. The minimum absolute atomic E-state index is 0.528. The maximum Gasteiger partial charge on any atom is 0.152 e. The fourth-order valence-electron chi connectivity index (χ4n) is 1.35. The van der Waals surface area contributed by atoms with Gasteiger partial charge >= 0.3 is 0 Å². The van der Waals surface area contributed by atoms with E-state index in [2.05, 4.69) is 0 Å². The topological polar surface area (TPSA) is 17.1 Å². The van der Waals surface area contributed by atoms with E-state index in [-0.39, 0.29) is 0 Å². The Labute approximate surface area is 84.9 Å². The fraction of sp³-hybridized carbons (Fsp3) is 0.100. The first-order valence-corrected chi connectivity index (χ1v) is 5.05. The Morgan fingerprint density at radius 2 is 2.23 bits per heavy atom. The Balaban J connectivity index is 2.90. The third kappa shape index (κ3) is 1.36. The molecule has 0 fully saturated rings. The molecule has 0 aliphatic carbocycles. The Bertz CT molecular complexity index is 473. The van der Waals surface area contributed by atoms with E-state index in [1.54, 1.807) is 17.4 Å². The van der Waals surface area contributed by atoms with Gasteiger partial charge in [-0.25, -0.2) is 0 Å². The van der Waals surface area contributed by atoms with E-state index in [0.29, 0.717) is 10.6 Å². The maximum absolute atomic E-state index is 10.8. The second kappa shape index (κ2) is 3.13. The van der Waals surface area contributed by atoms with Gasteiger partial charge in [0, 0.05) is 20.5 Å². The van der Waals surface area contributed by atoms with Gasteiger partial charge in [-0.2, -0.15) is 0 Å². The van der Waals surface area contributed by atoms with E-state index >= 15 is 0 Å². The number of hydrogen-bond acceptors (Lipinski definition) is 2. The van der Waals surface area contributed by atoms with Gasteiger partial charge in [0.1, 0.15) is 0 Å². The van der Waals surface area contributed by atoms with Crippen molar-refractivity contribution in [3.05, 3.63) is 33.7 Å². The van der Waals surface area contributed by atoms with Gasteiger partial charge in [-0.1, -0.05) is 11.6 Å². The molecule has 0 bridgehead atoms. The van der Waals surface area contributed by atoms with Gasteiger partial charge in [-0.3, -0.25) is 4.79 Å². The molecule has 3 heteroatoms. The van der Waals surface area contributed by atoms with Crippen LogP contribution in [0.3, 0.4) is 0 Å². The third-order valence-electron chi connectivity index (χ3n) is 1.93. The first-order valence-electron chi connectivity index (χ1n) is 3.86. The molecule has 66 valence electrons. The van der Waals surface area contributed by atoms with E-state index in [1.165, 1.54) is 4.88 Å². The van der Waals surface area contributed by atoms with Crippen LogP contribution >= 0.6 is 22.9 Å². The van der Waals surface area contributed by atoms with Crippen molar-refractivity contribution in [2.24, 2.45) is 0 Å². The molecule has 1 heterocycles. The zero-order chi connectivity index (χ0) is 9.42. The highest BCUT2D eigenvalue weighted by Gasteiger charge is 2.07. The Morgan fingerprint density at radius 1 is 1.46 bits per heavy atom. The number of thiophene rings is 1. The molecule has 0 saturated heterocycles. The summed E-state index contributed by atoms with van der Waals surface area (Å²) >= 11 is 7.56. The quantitative estimate of drug-likeness (QED) is 0.657. The van der Waals surface area contributed by atoms with E-state index in [4.69, 9.17) is 11.6 Å². The minimum atomic E-state index is 0.528. The van der Waals surface area contributed by atoms with Crippen molar-refractivity contribution in [2.75, 3.05) is 0 Å². The first kappa shape index (κ1) is 8.73. The molecular formula is C10H7ClOS. The monoisotopic (exact) mass is 210 g/mol. The molecule has 0 atom stereocenters. The molecule has 13 heavy (non-hydrogen) atoms. The van der Waals surface area contributed by atoms with Gasteiger partial charge in [0.25, 0.3) is 0 Å². The highest BCUT2D eigenvalue weighted by atomic mass is 35.5. The van der Waals surface area contributed by atoms with E-state index in [1.807, 2.05) is 19.1 Å². The van der Waals surface area contributed by atoms with Gasteiger partial charge in [0.15, 0.2) is 6.29 Å². The van der Waals surface area contributed by atoms with Crippen LogP contribution in [0, 0.1) is 6.92 Å². The van der Waals surface area contributed by atoms with Crippen LogP contribution in [-0.2, 0) is 0 Å². The van der Waals surface area contributed by atoms with E-state index in [0.717, 1.165) is 16.4 Å². The Hall–Kier alpha value is -0.860. The van der Waals surface area contributed by atoms with Gasteiger partial charge in [-0.15, -0.1) is 11.3 Å². The number of aldehydes is 1. The number of benzene rings is 1. The molecule has 0 aliphatic rings. The van der Waals surface area contributed by atoms with Crippen molar-refractivity contribution in [2.45, 2.75) is 6.92 Å². The van der Waals surface area contributed by atoms with Crippen LogP contribution < -0.4 is 0 Å². The summed E-state index contributed by atoms with van der Waals surface area (Å²) in [5.74, 6) is 0. The van der Waals surface area contributed by atoms with E-state index in [9.17, 15) is 4.79 Å². The molecule has 1 aromatic heterocycles. The van der Waals surface area contributed by atoms with Crippen molar-refractivity contribution < 1.29 is 4.79 Å². The molecule has 1 aromatic carbocycles.